The maximum absolute atomic E-state index is 6.13. The van der Waals surface area contributed by atoms with Gasteiger partial charge in [0.25, 0.3) is 0 Å². The highest BCUT2D eigenvalue weighted by atomic mass is 79.9. The molecular weight excluding hydrogens is 334 g/mol. The minimum Gasteiger partial charge on any atom is -0.458 e. The van der Waals surface area contributed by atoms with Crippen molar-refractivity contribution in [2.45, 2.75) is 18.9 Å². The van der Waals surface area contributed by atoms with Gasteiger partial charge in [-0.05, 0) is 52.9 Å². The van der Waals surface area contributed by atoms with Crippen LogP contribution in [0.25, 0.3) is 11.0 Å². The Hall–Kier alpha value is -0.320. The number of fused-ring (bicyclic) bond motifs is 1. The van der Waals surface area contributed by atoms with Gasteiger partial charge in [-0.3, -0.25) is 0 Å². The fourth-order valence-corrected chi connectivity index (χ4v) is 3.29. The first kappa shape index (κ1) is 10.8. The minimum absolute atomic E-state index is 0.0538. The van der Waals surface area contributed by atoms with Gasteiger partial charge < -0.3 is 10.2 Å². The summed E-state index contributed by atoms with van der Waals surface area (Å²) < 4.78 is 7.83. The molecule has 84 valence electrons. The van der Waals surface area contributed by atoms with E-state index >= 15 is 0 Å². The molecule has 2 aromatic rings. The van der Waals surface area contributed by atoms with Gasteiger partial charge in [0.05, 0.1) is 10.5 Å². The lowest BCUT2D eigenvalue weighted by molar-refractivity contribution is 0.466. The fraction of sp³-hybridized carbons (Fsp3) is 0.333. The van der Waals surface area contributed by atoms with Crippen LogP contribution in [-0.2, 0) is 0 Å². The topological polar surface area (TPSA) is 39.2 Å². The Balaban J connectivity index is 2.11. The number of benzene rings is 1. The summed E-state index contributed by atoms with van der Waals surface area (Å²) in [6.45, 7) is 0. The highest BCUT2D eigenvalue weighted by Crippen LogP contribution is 2.41. The molecule has 0 spiro atoms. The first-order valence-corrected chi connectivity index (χ1v) is 6.88. The molecule has 2 nitrogen and oxygen atoms in total. The van der Waals surface area contributed by atoms with Gasteiger partial charge in [0.2, 0.25) is 0 Å². The van der Waals surface area contributed by atoms with Crippen molar-refractivity contribution in [3.63, 3.8) is 0 Å². The maximum Gasteiger partial charge on any atom is 0.148 e. The molecule has 0 saturated heterocycles. The van der Waals surface area contributed by atoms with Crippen LogP contribution >= 0.6 is 31.9 Å². The highest BCUT2D eigenvalue weighted by molar-refractivity contribution is 9.11. The molecule has 0 radical (unpaired) electrons. The van der Waals surface area contributed by atoms with Gasteiger partial charge in [0.1, 0.15) is 11.3 Å². The zero-order valence-electron chi connectivity index (χ0n) is 8.54. The van der Waals surface area contributed by atoms with Gasteiger partial charge in [-0.25, -0.2) is 0 Å². The molecule has 0 aliphatic heterocycles. The second kappa shape index (κ2) is 3.86. The van der Waals surface area contributed by atoms with Crippen LogP contribution in [0.4, 0.5) is 0 Å². The summed E-state index contributed by atoms with van der Waals surface area (Å²) >= 11 is 6.97. The van der Waals surface area contributed by atoms with E-state index in [1.807, 2.05) is 18.2 Å². The molecule has 1 aromatic heterocycles. The predicted octanol–water partition coefficient (Wildman–Crippen LogP) is 4.37. The Morgan fingerprint density at radius 2 is 2.00 bits per heavy atom. The van der Waals surface area contributed by atoms with Gasteiger partial charge in [-0.2, -0.15) is 0 Å². The number of nitrogens with two attached hydrogens (primary N) is 1. The second-order valence-electron chi connectivity index (χ2n) is 4.32. The Morgan fingerprint density at radius 3 is 2.69 bits per heavy atom. The lowest BCUT2D eigenvalue weighted by Crippen LogP contribution is -2.10. The van der Waals surface area contributed by atoms with Crippen LogP contribution in [0.1, 0.15) is 24.6 Å². The summed E-state index contributed by atoms with van der Waals surface area (Å²) in [4.78, 5) is 0. The molecule has 0 bridgehead atoms. The summed E-state index contributed by atoms with van der Waals surface area (Å²) in [5.41, 5.74) is 7.02. The molecule has 3 rings (SSSR count). The van der Waals surface area contributed by atoms with Crippen LogP contribution in [0.5, 0.6) is 0 Å². The van der Waals surface area contributed by atoms with Crippen LogP contribution < -0.4 is 5.73 Å². The van der Waals surface area contributed by atoms with E-state index in [0.29, 0.717) is 5.92 Å². The van der Waals surface area contributed by atoms with Crippen LogP contribution in [0.15, 0.2) is 31.6 Å². The van der Waals surface area contributed by atoms with Crippen molar-refractivity contribution < 1.29 is 4.42 Å². The van der Waals surface area contributed by atoms with E-state index in [0.717, 1.165) is 25.7 Å². The molecule has 2 N–H and O–H groups in total. The molecule has 1 aromatic carbocycles. The predicted molar refractivity (Wildman–Crippen MR) is 71.3 cm³/mol. The van der Waals surface area contributed by atoms with E-state index in [1.165, 1.54) is 12.8 Å². The number of hydrogen-bond acceptors (Lipinski definition) is 2. The smallest absolute Gasteiger partial charge is 0.148 e. The van der Waals surface area contributed by atoms with Gasteiger partial charge in [0.15, 0.2) is 0 Å². The Morgan fingerprint density at radius 1 is 1.25 bits per heavy atom. The number of rotatable bonds is 2. The monoisotopic (exact) mass is 343 g/mol. The molecule has 1 aliphatic rings. The normalized spacial score (nSPS) is 17.9. The zero-order valence-corrected chi connectivity index (χ0v) is 11.7. The average molecular weight is 345 g/mol. The largest absolute Gasteiger partial charge is 0.458 e. The Kier molecular flexibility index (Phi) is 2.61. The van der Waals surface area contributed by atoms with E-state index in [1.54, 1.807) is 0 Å². The lowest BCUT2D eigenvalue weighted by atomic mass is 10.1. The van der Waals surface area contributed by atoms with Crippen LogP contribution in [-0.4, -0.2) is 0 Å². The molecule has 1 fully saturated rings. The summed E-state index contributed by atoms with van der Waals surface area (Å²) in [5, 5.41) is 1.09. The fourth-order valence-electron chi connectivity index (χ4n) is 1.95. The third-order valence-electron chi connectivity index (χ3n) is 3.01. The Bertz CT molecular complexity index is 545. The third-order valence-corrected chi connectivity index (χ3v) is 4.06. The van der Waals surface area contributed by atoms with Crippen LogP contribution in [0.2, 0.25) is 0 Å². The van der Waals surface area contributed by atoms with E-state index in [9.17, 15) is 0 Å². The summed E-state index contributed by atoms with van der Waals surface area (Å²) in [6.07, 6.45) is 2.45. The van der Waals surface area contributed by atoms with Crippen molar-refractivity contribution in [1.29, 1.82) is 0 Å². The highest BCUT2D eigenvalue weighted by Gasteiger charge is 2.31. The number of halogens is 2. The van der Waals surface area contributed by atoms with E-state index in [2.05, 4.69) is 31.9 Å². The van der Waals surface area contributed by atoms with Crippen molar-refractivity contribution in [3.8, 4) is 0 Å². The molecule has 4 heteroatoms. The average Bonchev–Trinajstić information content (AvgIpc) is 2.97. The van der Waals surface area contributed by atoms with Crippen molar-refractivity contribution >= 4 is 42.8 Å². The molecule has 0 amide bonds. The molecule has 1 unspecified atom stereocenters. The molecule has 1 atom stereocenters. The third kappa shape index (κ3) is 1.83. The van der Waals surface area contributed by atoms with Crippen molar-refractivity contribution in [2.24, 2.45) is 11.7 Å². The molecule has 1 saturated carbocycles. The summed E-state index contributed by atoms with van der Waals surface area (Å²) in [7, 11) is 0. The van der Waals surface area contributed by atoms with Crippen LogP contribution in [0.3, 0.4) is 0 Å². The van der Waals surface area contributed by atoms with Gasteiger partial charge in [-0.15, -0.1) is 0 Å². The molecular formula is C12H11Br2NO. The quantitative estimate of drug-likeness (QED) is 0.878. The first-order chi connectivity index (χ1) is 7.65. The van der Waals surface area contributed by atoms with E-state index in [4.69, 9.17) is 10.2 Å². The number of hydrogen-bond donors (Lipinski definition) is 1. The standard InChI is InChI=1S/C12H11Br2NO/c13-8-3-7-4-10(11(15)6-1-2-6)16-12(7)9(14)5-8/h3-6,11H,1-2,15H2. The van der Waals surface area contributed by atoms with Gasteiger partial charge >= 0.3 is 0 Å². The molecule has 1 heterocycles. The summed E-state index contributed by atoms with van der Waals surface area (Å²) in [5.74, 6) is 1.51. The Labute approximate surface area is 110 Å². The molecule has 1 aliphatic carbocycles. The van der Waals surface area contributed by atoms with Gasteiger partial charge in [0, 0.05) is 9.86 Å². The zero-order chi connectivity index (χ0) is 11.3. The summed E-state index contributed by atoms with van der Waals surface area (Å²) in [6, 6.07) is 6.14. The van der Waals surface area contributed by atoms with Crippen molar-refractivity contribution in [3.05, 3.63) is 32.9 Å². The second-order valence-corrected chi connectivity index (χ2v) is 6.09. The molecule has 16 heavy (non-hydrogen) atoms. The van der Waals surface area contributed by atoms with Crippen molar-refractivity contribution in [1.82, 2.24) is 0 Å². The van der Waals surface area contributed by atoms with E-state index in [-0.39, 0.29) is 6.04 Å². The minimum atomic E-state index is 0.0538. The maximum atomic E-state index is 6.13. The SMILES string of the molecule is NC(c1cc2cc(Br)cc(Br)c2o1)C1CC1. The first-order valence-electron chi connectivity index (χ1n) is 5.29. The van der Waals surface area contributed by atoms with E-state index < -0.39 is 0 Å². The van der Waals surface area contributed by atoms with Gasteiger partial charge in [-0.1, -0.05) is 15.9 Å². The lowest BCUT2D eigenvalue weighted by Gasteiger charge is -2.04. The van der Waals surface area contributed by atoms with Crippen LogP contribution in [0, 0.1) is 5.92 Å². The number of furan rings is 1. The van der Waals surface area contributed by atoms with Crippen molar-refractivity contribution in [2.75, 3.05) is 0 Å².